The zero-order valence-corrected chi connectivity index (χ0v) is 17.5. The number of benzene rings is 4. The monoisotopic (exact) mass is 423 g/mol. The maximum atomic E-state index is 14.9. The molecule has 150 valence electrons. The summed E-state index contributed by atoms with van der Waals surface area (Å²) in [5.41, 5.74) is 2.03. The first-order valence-corrected chi connectivity index (χ1v) is 11.7. The van der Waals surface area contributed by atoms with Gasteiger partial charge in [0.05, 0.1) is 5.69 Å². The Morgan fingerprint density at radius 3 is 1.77 bits per heavy atom. The Morgan fingerprint density at radius 2 is 1.19 bits per heavy atom. The predicted molar refractivity (Wildman–Crippen MR) is 127 cm³/mol. The van der Waals surface area contributed by atoms with E-state index in [0.717, 1.165) is 10.9 Å². The summed E-state index contributed by atoms with van der Waals surface area (Å²) in [6.07, 6.45) is 0. The van der Waals surface area contributed by atoms with Crippen molar-refractivity contribution in [3.05, 3.63) is 121 Å². The lowest BCUT2D eigenvalue weighted by Crippen LogP contribution is -2.28. The quantitative estimate of drug-likeness (QED) is 0.348. The summed E-state index contributed by atoms with van der Waals surface area (Å²) in [4.78, 5) is 4.91. The molecule has 0 atom stereocenters. The third-order valence-corrected chi connectivity index (χ3v) is 8.37. The normalized spacial score (nSPS) is 11.5. The van der Waals surface area contributed by atoms with Crippen LogP contribution in [0.1, 0.15) is 0 Å². The van der Waals surface area contributed by atoms with Gasteiger partial charge in [-0.2, -0.15) is 0 Å². The summed E-state index contributed by atoms with van der Waals surface area (Å²) in [5.74, 6) is -0.379. The molecule has 0 fully saturated rings. The first-order chi connectivity index (χ1) is 15.2. The van der Waals surface area contributed by atoms with E-state index in [-0.39, 0.29) is 5.82 Å². The topological polar surface area (TPSA) is 30.0 Å². The van der Waals surface area contributed by atoms with Crippen molar-refractivity contribution in [2.45, 2.75) is 0 Å². The summed E-state index contributed by atoms with van der Waals surface area (Å²) in [7, 11) is -3.37. The molecule has 2 nitrogen and oxygen atoms in total. The molecule has 0 aliphatic carbocycles. The Hall–Kier alpha value is -3.55. The standard InChI is InChI=1S/C27H19FNOP/c28-22-17-16-21-18-26(20-10-4-1-5-11-20)29-27(25(21)19-22)31(30,23-12-6-2-7-13-23)24-14-8-3-9-15-24/h1-19H. The number of hydrogen-bond acceptors (Lipinski definition) is 2. The fraction of sp³-hybridized carbons (Fsp3) is 0. The molecule has 0 bridgehead atoms. The van der Waals surface area contributed by atoms with Crippen LogP contribution < -0.4 is 16.0 Å². The van der Waals surface area contributed by atoms with Crippen LogP contribution in [-0.2, 0) is 4.57 Å². The molecule has 0 aliphatic rings. The molecule has 0 aliphatic heterocycles. The second-order valence-electron chi connectivity index (χ2n) is 7.34. The first-order valence-electron chi connectivity index (χ1n) is 10.0. The lowest BCUT2D eigenvalue weighted by Gasteiger charge is -2.21. The van der Waals surface area contributed by atoms with E-state index in [4.69, 9.17) is 4.98 Å². The van der Waals surface area contributed by atoms with Gasteiger partial charge in [0, 0.05) is 21.6 Å². The molecule has 0 saturated carbocycles. The lowest BCUT2D eigenvalue weighted by molar-refractivity contribution is 0.592. The average molecular weight is 423 g/mol. The van der Waals surface area contributed by atoms with Crippen LogP contribution >= 0.6 is 7.14 Å². The second kappa shape index (κ2) is 7.94. The van der Waals surface area contributed by atoms with Crippen molar-refractivity contribution in [1.82, 2.24) is 4.98 Å². The average Bonchev–Trinajstić information content (AvgIpc) is 2.84. The van der Waals surface area contributed by atoms with Crippen LogP contribution in [0.2, 0.25) is 0 Å². The number of halogens is 1. The molecular weight excluding hydrogens is 404 g/mol. The zero-order valence-electron chi connectivity index (χ0n) is 16.7. The highest BCUT2D eigenvalue weighted by Crippen LogP contribution is 2.44. The minimum absolute atomic E-state index is 0.379. The number of aromatic nitrogens is 1. The van der Waals surface area contributed by atoms with Crippen LogP contribution in [0.3, 0.4) is 0 Å². The van der Waals surface area contributed by atoms with Gasteiger partial charge in [0.2, 0.25) is 0 Å². The van der Waals surface area contributed by atoms with Crippen LogP contribution in [0, 0.1) is 5.82 Å². The molecule has 1 aromatic heterocycles. The Balaban J connectivity index is 1.90. The first kappa shape index (κ1) is 19.4. The molecule has 0 radical (unpaired) electrons. The van der Waals surface area contributed by atoms with Gasteiger partial charge in [-0.15, -0.1) is 0 Å². The van der Waals surface area contributed by atoms with Crippen molar-refractivity contribution in [2.75, 3.05) is 0 Å². The van der Waals surface area contributed by atoms with Crippen LogP contribution in [0.15, 0.2) is 115 Å². The molecule has 1 heterocycles. The highest BCUT2D eigenvalue weighted by Gasteiger charge is 2.33. The molecule has 0 N–H and O–H groups in total. The largest absolute Gasteiger partial charge is 0.307 e. The molecule has 4 aromatic carbocycles. The maximum absolute atomic E-state index is 14.9. The third kappa shape index (κ3) is 3.48. The molecule has 5 rings (SSSR count). The van der Waals surface area contributed by atoms with Gasteiger partial charge in [-0.25, -0.2) is 9.37 Å². The van der Waals surface area contributed by atoms with E-state index < -0.39 is 7.14 Å². The van der Waals surface area contributed by atoms with E-state index in [0.29, 0.717) is 27.1 Å². The fourth-order valence-corrected chi connectivity index (χ4v) is 6.62. The van der Waals surface area contributed by atoms with Crippen molar-refractivity contribution in [2.24, 2.45) is 0 Å². The number of nitrogens with zero attached hydrogens (tertiary/aromatic N) is 1. The van der Waals surface area contributed by atoms with Crippen molar-refractivity contribution < 1.29 is 8.96 Å². The Morgan fingerprint density at radius 1 is 0.645 bits per heavy atom. The lowest BCUT2D eigenvalue weighted by atomic mass is 10.1. The predicted octanol–water partition coefficient (Wildman–Crippen LogP) is 5.68. The second-order valence-corrected chi connectivity index (χ2v) is 10.0. The molecule has 0 saturated heterocycles. The SMILES string of the molecule is O=P(c1ccccc1)(c1ccccc1)c1nc(-c2ccccc2)cc2ccc(F)cc12. The molecule has 0 spiro atoms. The van der Waals surface area contributed by atoms with Crippen LogP contribution in [0.4, 0.5) is 4.39 Å². The van der Waals surface area contributed by atoms with E-state index in [1.54, 1.807) is 6.07 Å². The summed E-state index contributed by atoms with van der Waals surface area (Å²) in [5, 5.41) is 2.71. The number of fused-ring (bicyclic) bond motifs is 1. The molecule has 0 amide bonds. The highest BCUT2D eigenvalue weighted by atomic mass is 31.2. The van der Waals surface area contributed by atoms with Gasteiger partial charge in [-0.3, -0.25) is 0 Å². The molecular formula is C27H19FNOP. The van der Waals surface area contributed by atoms with Crippen LogP contribution in [0.5, 0.6) is 0 Å². The van der Waals surface area contributed by atoms with Crippen LogP contribution in [0.25, 0.3) is 22.0 Å². The van der Waals surface area contributed by atoms with Gasteiger partial charge in [-0.1, -0.05) is 97.1 Å². The van der Waals surface area contributed by atoms with Gasteiger partial charge in [0.15, 0.2) is 7.14 Å². The number of rotatable bonds is 4. The molecule has 31 heavy (non-hydrogen) atoms. The van der Waals surface area contributed by atoms with Crippen molar-refractivity contribution in [1.29, 1.82) is 0 Å². The van der Waals surface area contributed by atoms with E-state index in [9.17, 15) is 8.96 Å². The minimum Gasteiger partial charge on any atom is -0.307 e. The molecule has 4 heteroatoms. The van der Waals surface area contributed by atoms with Gasteiger partial charge in [0.25, 0.3) is 0 Å². The van der Waals surface area contributed by atoms with Crippen LogP contribution in [-0.4, -0.2) is 4.98 Å². The van der Waals surface area contributed by atoms with E-state index in [1.807, 2.05) is 97.1 Å². The maximum Gasteiger partial charge on any atom is 0.189 e. The smallest absolute Gasteiger partial charge is 0.189 e. The summed E-state index contributed by atoms with van der Waals surface area (Å²) < 4.78 is 29.3. The number of hydrogen-bond donors (Lipinski definition) is 0. The van der Waals surface area contributed by atoms with Gasteiger partial charge < -0.3 is 4.57 Å². The summed E-state index contributed by atoms with van der Waals surface area (Å²) in [6.45, 7) is 0. The van der Waals surface area contributed by atoms with Crippen molar-refractivity contribution in [3.8, 4) is 11.3 Å². The zero-order chi connectivity index (χ0) is 21.3. The Kier molecular flexibility index (Phi) is 4.97. The van der Waals surface area contributed by atoms with E-state index >= 15 is 0 Å². The van der Waals surface area contributed by atoms with Gasteiger partial charge >= 0.3 is 0 Å². The summed E-state index contributed by atoms with van der Waals surface area (Å²) >= 11 is 0. The highest BCUT2D eigenvalue weighted by molar-refractivity contribution is 7.85. The minimum atomic E-state index is -3.37. The van der Waals surface area contributed by atoms with Gasteiger partial charge in [0.1, 0.15) is 11.3 Å². The molecule has 0 unspecified atom stereocenters. The Bertz CT molecular complexity index is 1360. The summed E-state index contributed by atoms with van der Waals surface area (Å²) in [6, 6.07) is 35.0. The van der Waals surface area contributed by atoms with Crippen molar-refractivity contribution >= 4 is 34.0 Å². The number of pyridine rings is 1. The fourth-order valence-electron chi connectivity index (χ4n) is 3.87. The van der Waals surface area contributed by atoms with Gasteiger partial charge in [-0.05, 0) is 23.6 Å². The van der Waals surface area contributed by atoms with E-state index in [1.165, 1.54) is 12.1 Å². The molecule has 5 aromatic rings. The van der Waals surface area contributed by atoms with E-state index in [2.05, 4.69) is 0 Å². The Labute approximate surface area is 180 Å². The third-order valence-electron chi connectivity index (χ3n) is 5.38. The van der Waals surface area contributed by atoms with Crippen molar-refractivity contribution in [3.63, 3.8) is 0 Å².